The summed E-state index contributed by atoms with van der Waals surface area (Å²) in [5, 5.41) is 9.94. The third-order valence-corrected chi connectivity index (χ3v) is 6.61. The van der Waals surface area contributed by atoms with Gasteiger partial charge in [-0.1, -0.05) is 54.6 Å². The van der Waals surface area contributed by atoms with E-state index in [0.717, 1.165) is 36.6 Å². The Morgan fingerprint density at radius 1 is 0.943 bits per heavy atom. The smallest absolute Gasteiger partial charge is 0.167 e. The molecule has 0 radical (unpaired) electrons. The molecule has 0 spiro atoms. The zero-order valence-corrected chi connectivity index (χ0v) is 20.3. The average molecular weight is 473 g/mol. The molecule has 0 aliphatic carbocycles. The number of anilines is 1. The molecule has 0 unspecified atom stereocenters. The van der Waals surface area contributed by atoms with Gasteiger partial charge < -0.3 is 14.7 Å². The van der Waals surface area contributed by atoms with Gasteiger partial charge in [-0.15, -0.1) is 0 Å². The Balaban J connectivity index is 1.36. The predicted molar refractivity (Wildman–Crippen MR) is 137 cm³/mol. The molecule has 182 valence electrons. The lowest BCUT2D eigenvalue weighted by Crippen LogP contribution is -2.46. The fourth-order valence-electron chi connectivity index (χ4n) is 4.77. The molecule has 1 fully saturated rings. The summed E-state index contributed by atoms with van der Waals surface area (Å²) < 4.78 is 8.21. The van der Waals surface area contributed by atoms with E-state index >= 15 is 0 Å². The number of rotatable bonds is 8. The summed E-state index contributed by atoms with van der Waals surface area (Å²) >= 11 is 0. The zero-order chi connectivity index (χ0) is 24.2. The quantitative estimate of drug-likeness (QED) is 0.419. The first-order valence-corrected chi connectivity index (χ1v) is 12.3. The highest BCUT2D eigenvalue weighted by atomic mass is 16.5. The lowest BCUT2D eigenvalue weighted by atomic mass is 10.0. The highest BCUT2D eigenvalue weighted by molar-refractivity contribution is 5.83. The van der Waals surface area contributed by atoms with Gasteiger partial charge in [-0.2, -0.15) is 0 Å². The van der Waals surface area contributed by atoms with E-state index in [9.17, 15) is 5.11 Å². The van der Waals surface area contributed by atoms with Crippen LogP contribution in [-0.4, -0.2) is 68.4 Å². The topological polar surface area (TPSA) is 79.5 Å². The molecule has 0 bridgehead atoms. The second-order valence-electron chi connectivity index (χ2n) is 8.85. The number of benzene rings is 2. The first kappa shape index (κ1) is 23.4. The SMILES string of the molecule is CCN(CC)c1ncnc2c1ncn2[C@H]1CN(Cc2ccc(-c3ccccc3)cc2)C[C@@H](CO)O1. The van der Waals surface area contributed by atoms with Crippen LogP contribution in [0.1, 0.15) is 25.6 Å². The zero-order valence-electron chi connectivity index (χ0n) is 20.3. The van der Waals surface area contributed by atoms with E-state index < -0.39 is 0 Å². The number of aromatic nitrogens is 4. The number of fused-ring (bicyclic) bond motifs is 1. The Hall–Kier alpha value is -3.33. The van der Waals surface area contributed by atoms with Gasteiger partial charge in [0.25, 0.3) is 0 Å². The van der Waals surface area contributed by atoms with E-state index in [1.807, 2.05) is 10.6 Å². The molecule has 1 saturated heterocycles. The Morgan fingerprint density at radius 2 is 1.69 bits per heavy atom. The Labute approximate surface area is 205 Å². The maximum absolute atomic E-state index is 9.94. The van der Waals surface area contributed by atoms with Gasteiger partial charge in [0, 0.05) is 32.7 Å². The van der Waals surface area contributed by atoms with Crippen molar-refractivity contribution in [2.75, 3.05) is 37.7 Å². The van der Waals surface area contributed by atoms with Crippen molar-refractivity contribution in [1.29, 1.82) is 0 Å². The van der Waals surface area contributed by atoms with Gasteiger partial charge >= 0.3 is 0 Å². The van der Waals surface area contributed by atoms with Gasteiger partial charge in [-0.3, -0.25) is 9.47 Å². The van der Waals surface area contributed by atoms with E-state index in [4.69, 9.17) is 4.74 Å². The summed E-state index contributed by atoms with van der Waals surface area (Å²) in [7, 11) is 0. The summed E-state index contributed by atoms with van der Waals surface area (Å²) in [5.74, 6) is 0.837. The minimum Gasteiger partial charge on any atom is -0.394 e. The molecule has 8 heteroatoms. The molecule has 1 N–H and O–H groups in total. The fourth-order valence-corrected chi connectivity index (χ4v) is 4.77. The van der Waals surface area contributed by atoms with Gasteiger partial charge in [0.1, 0.15) is 12.6 Å². The van der Waals surface area contributed by atoms with Crippen LogP contribution in [0.5, 0.6) is 0 Å². The third kappa shape index (κ3) is 4.91. The molecule has 5 rings (SSSR count). The normalized spacial score (nSPS) is 18.7. The van der Waals surface area contributed by atoms with Crippen LogP contribution in [0.25, 0.3) is 22.3 Å². The standard InChI is InChI=1S/C27H32N6O2/c1-3-32(4-2)26-25-27(29-18-28-26)33(19-30-25)24-16-31(15-23(17-34)35-24)14-20-10-12-22(13-11-20)21-8-6-5-7-9-21/h5-13,18-19,23-24,34H,3-4,14-17H2,1-2H3/t23-,24+/m0/s1. The minimum atomic E-state index is -0.297. The van der Waals surface area contributed by atoms with E-state index in [1.54, 1.807) is 12.7 Å². The molecule has 3 heterocycles. The highest BCUT2D eigenvalue weighted by Gasteiger charge is 2.30. The average Bonchev–Trinajstić information content (AvgIpc) is 3.35. The van der Waals surface area contributed by atoms with Gasteiger partial charge in [-0.05, 0) is 30.5 Å². The summed E-state index contributed by atoms with van der Waals surface area (Å²) in [6, 6.07) is 19.1. The van der Waals surface area contributed by atoms with Crippen LogP contribution in [0.2, 0.25) is 0 Å². The predicted octanol–water partition coefficient (Wildman–Crippen LogP) is 3.73. The number of hydrogen-bond donors (Lipinski definition) is 1. The van der Waals surface area contributed by atoms with E-state index in [1.165, 1.54) is 16.7 Å². The van der Waals surface area contributed by atoms with Gasteiger partial charge in [0.05, 0.1) is 19.0 Å². The van der Waals surface area contributed by atoms with E-state index in [2.05, 4.69) is 87.1 Å². The number of hydrogen-bond acceptors (Lipinski definition) is 7. The first-order chi connectivity index (χ1) is 17.2. The highest BCUT2D eigenvalue weighted by Crippen LogP contribution is 2.28. The monoisotopic (exact) mass is 472 g/mol. The molecular weight excluding hydrogens is 440 g/mol. The van der Waals surface area contributed by atoms with Crippen molar-refractivity contribution in [3.8, 4) is 11.1 Å². The minimum absolute atomic E-state index is 0.0355. The van der Waals surface area contributed by atoms with Crippen LogP contribution in [0.15, 0.2) is 67.3 Å². The van der Waals surface area contributed by atoms with Crippen molar-refractivity contribution in [1.82, 2.24) is 24.4 Å². The van der Waals surface area contributed by atoms with Crippen LogP contribution < -0.4 is 4.90 Å². The number of morpholine rings is 1. The third-order valence-electron chi connectivity index (χ3n) is 6.61. The second kappa shape index (κ2) is 10.5. The fraction of sp³-hybridized carbons (Fsp3) is 0.370. The molecule has 35 heavy (non-hydrogen) atoms. The molecule has 2 aromatic heterocycles. The van der Waals surface area contributed by atoms with Crippen molar-refractivity contribution in [3.63, 3.8) is 0 Å². The van der Waals surface area contributed by atoms with Crippen LogP contribution >= 0.6 is 0 Å². The summed E-state index contributed by atoms with van der Waals surface area (Å²) in [6.07, 6.45) is 2.80. The van der Waals surface area contributed by atoms with Gasteiger partial charge in [0.2, 0.25) is 0 Å². The van der Waals surface area contributed by atoms with Crippen LogP contribution in [0, 0.1) is 0 Å². The van der Waals surface area contributed by atoms with E-state index in [0.29, 0.717) is 13.1 Å². The van der Waals surface area contributed by atoms with Crippen molar-refractivity contribution < 1.29 is 9.84 Å². The Kier molecular flexibility index (Phi) is 7.03. The van der Waals surface area contributed by atoms with Crippen molar-refractivity contribution in [3.05, 3.63) is 72.8 Å². The number of aliphatic hydroxyl groups is 1. The molecule has 2 aromatic carbocycles. The van der Waals surface area contributed by atoms with Crippen LogP contribution in [-0.2, 0) is 11.3 Å². The Morgan fingerprint density at radius 3 is 2.40 bits per heavy atom. The number of aliphatic hydroxyl groups excluding tert-OH is 1. The lowest BCUT2D eigenvalue weighted by molar-refractivity contribution is -0.135. The molecule has 4 aromatic rings. The van der Waals surface area contributed by atoms with Crippen LogP contribution in [0.4, 0.5) is 5.82 Å². The maximum atomic E-state index is 9.94. The molecule has 1 aliphatic heterocycles. The van der Waals surface area contributed by atoms with Crippen molar-refractivity contribution >= 4 is 17.0 Å². The molecule has 0 saturated carbocycles. The second-order valence-corrected chi connectivity index (χ2v) is 8.85. The van der Waals surface area contributed by atoms with E-state index in [-0.39, 0.29) is 18.9 Å². The summed E-state index contributed by atoms with van der Waals surface area (Å²) in [6.45, 7) is 7.98. The first-order valence-electron chi connectivity index (χ1n) is 12.3. The van der Waals surface area contributed by atoms with Crippen molar-refractivity contribution in [2.24, 2.45) is 0 Å². The summed E-state index contributed by atoms with van der Waals surface area (Å²) in [5.41, 5.74) is 5.16. The lowest BCUT2D eigenvalue weighted by Gasteiger charge is -2.38. The number of imidazole rings is 1. The molecule has 1 aliphatic rings. The van der Waals surface area contributed by atoms with Gasteiger partial charge in [-0.25, -0.2) is 15.0 Å². The molecule has 8 nitrogen and oxygen atoms in total. The van der Waals surface area contributed by atoms with Crippen LogP contribution in [0.3, 0.4) is 0 Å². The van der Waals surface area contributed by atoms with Crippen molar-refractivity contribution in [2.45, 2.75) is 32.7 Å². The Bertz CT molecular complexity index is 1240. The largest absolute Gasteiger partial charge is 0.394 e. The maximum Gasteiger partial charge on any atom is 0.167 e. The summed E-state index contributed by atoms with van der Waals surface area (Å²) in [4.78, 5) is 18.2. The molecular formula is C27H32N6O2. The molecule has 0 amide bonds. The number of nitrogens with zero attached hydrogens (tertiary/aromatic N) is 6. The molecule has 2 atom stereocenters. The number of ether oxygens (including phenoxy) is 1. The van der Waals surface area contributed by atoms with Gasteiger partial charge in [0.15, 0.2) is 17.0 Å².